The van der Waals surface area contributed by atoms with Crippen LogP contribution >= 0.6 is 11.3 Å². The first-order chi connectivity index (χ1) is 14.2. The minimum absolute atomic E-state index is 0.0871. The van der Waals surface area contributed by atoms with E-state index in [1.54, 1.807) is 18.4 Å². The lowest BCUT2D eigenvalue weighted by atomic mass is 10.1. The van der Waals surface area contributed by atoms with Crippen molar-refractivity contribution in [1.82, 2.24) is 15.2 Å². The van der Waals surface area contributed by atoms with Gasteiger partial charge >= 0.3 is 0 Å². The number of ketones is 1. The number of aromatic nitrogens is 3. The largest absolute Gasteiger partial charge is 0.414 e. The number of Topliss-reactive ketones (excluding diaryl/α,β-unsaturated/α-hetero) is 1. The van der Waals surface area contributed by atoms with Crippen molar-refractivity contribution in [2.75, 3.05) is 26.8 Å². The van der Waals surface area contributed by atoms with Gasteiger partial charge in [-0.15, -0.1) is 21.5 Å². The summed E-state index contributed by atoms with van der Waals surface area (Å²) in [7, 11) is 1.66. The van der Waals surface area contributed by atoms with Crippen LogP contribution in [0.5, 0.6) is 0 Å². The number of rotatable bonds is 9. The summed E-state index contributed by atoms with van der Waals surface area (Å²) < 4.78 is 11.1. The molecular formula is C21H23N4O3S+. The normalized spacial score (nSPS) is 12.5. The molecule has 4 aromatic rings. The number of methoxy groups -OCH3 is 1. The summed E-state index contributed by atoms with van der Waals surface area (Å²) in [5.74, 6) is 1.12. The van der Waals surface area contributed by atoms with Crippen molar-refractivity contribution in [2.45, 2.75) is 13.5 Å². The monoisotopic (exact) mass is 411 g/mol. The van der Waals surface area contributed by atoms with Crippen LogP contribution in [0.25, 0.3) is 21.7 Å². The second-order valence-corrected chi connectivity index (χ2v) is 7.87. The Morgan fingerprint density at radius 2 is 2.10 bits per heavy atom. The third kappa shape index (κ3) is 4.29. The zero-order chi connectivity index (χ0) is 20.2. The van der Waals surface area contributed by atoms with Crippen molar-refractivity contribution in [2.24, 2.45) is 0 Å². The Morgan fingerprint density at radius 1 is 1.24 bits per heavy atom. The highest BCUT2D eigenvalue weighted by Crippen LogP contribution is 2.23. The molecule has 1 atom stereocenters. The Labute approximate surface area is 172 Å². The maximum atomic E-state index is 13.1. The number of fused-ring (bicyclic) bond motifs is 1. The quantitative estimate of drug-likeness (QED) is 0.414. The molecule has 1 aromatic carbocycles. The number of hydrogen-bond acceptors (Lipinski definition) is 6. The van der Waals surface area contributed by atoms with Crippen molar-refractivity contribution >= 4 is 28.0 Å². The Morgan fingerprint density at radius 3 is 2.90 bits per heavy atom. The number of quaternary nitrogens is 1. The number of thiophene rings is 1. The smallest absolute Gasteiger partial charge is 0.271 e. The maximum absolute atomic E-state index is 13.1. The minimum Gasteiger partial charge on any atom is -0.414 e. The fraction of sp³-hybridized carbons (Fsp3) is 0.286. The third-order valence-electron chi connectivity index (χ3n) is 4.84. The highest BCUT2D eigenvalue weighted by atomic mass is 32.1. The van der Waals surface area contributed by atoms with E-state index in [0.717, 1.165) is 31.9 Å². The zero-order valence-electron chi connectivity index (χ0n) is 16.4. The first kappa shape index (κ1) is 19.5. The predicted molar refractivity (Wildman–Crippen MR) is 111 cm³/mol. The van der Waals surface area contributed by atoms with E-state index in [4.69, 9.17) is 9.15 Å². The molecule has 0 bridgehead atoms. The fourth-order valence-electron chi connectivity index (χ4n) is 3.48. The number of para-hydroxylation sites is 1. The topological polar surface area (TPSA) is 85.5 Å². The van der Waals surface area contributed by atoms with Gasteiger partial charge in [0, 0.05) is 23.7 Å². The van der Waals surface area contributed by atoms with Crippen LogP contribution in [0.4, 0.5) is 0 Å². The Kier molecular flexibility index (Phi) is 5.84. The molecule has 0 saturated carbocycles. The molecule has 1 unspecified atom stereocenters. The van der Waals surface area contributed by atoms with E-state index in [9.17, 15) is 4.79 Å². The lowest BCUT2D eigenvalue weighted by Crippen LogP contribution is -3.12. The van der Waals surface area contributed by atoms with Crippen LogP contribution < -0.4 is 4.90 Å². The average molecular weight is 412 g/mol. The van der Waals surface area contributed by atoms with Crippen LogP contribution in [0.2, 0.25) is 0 Å². The number of H-pyrrole nitrogens is 1. The molecule has 0 aliphatic heterocycles. The highest BCUT2D eigenvalue weighted by Gasteiger charge is 2.23. The summed E-state index contributed by atoms with van der Waals surface area (Å²) in [4.78, 5) is 18.4. The number of benzene rings is 1. The zero-order valence-corrected chi connectivity index (χ0v) is 17.2. The van der Waals surface area contributed by atoms with Crippen molar-refractivity contribution in [3.63, 3.8) is 0 Å². The van der Waals surface area contributed by atoms with Gasteiger partial charge in [0.05, 0.1) is 17.0 Å². The summed E-state index contributed by atoms with van der Waals surface area (Å²) in [6.07, 6.45) is 0. The van der Waals surface area contributed by atoms with E-state index in [1.165, 1.54) is 0 Å². The average Bonchev–Trinajstić information content (AvgIpc) is 3.44. The van der Waals surface area contributed by atoms with Crippen molar-refractivity contribution in [1.29, 1.82) is 0 Å². The van der Waals surface area contributed by atoms with Crippen LogP contribution in [0.3, 0.4) is 0 Å². The van der Waals surface area contributed by atoms with Gasteiger partial charge in [-0.3, -0.25) is 4.79 Å². The second kappa shape index (κ2) is 8.69. The van der Waals surface area contributed by atoms with Crippen LogP contribution in [0.1, 0.15) is 21.9 Å². The first-order valence-electron chi connectivity index (χ1n) is 9.45. The highest BCUT2D eigenvalue weighted by molar-refractivity contribution is 7.13. The van der Waals surface area contributed by atoms with Gasteiger partial charge in [0.2, 0.25) is 5.78 Å². The number of aromatic amines is 1. The molecule has 2 N–H and O–H groups in total. The second-order valence-electron chi connectivity index (χ2n) is 6.92. The molecule has 0 fully saturated rings. The van der Waals surface area contributed by atoms with Gasteiger partial charge in [0.15, 0.2) is 6.54 Å². The predicted octanol–water partition coefficient (Wildman–Crippen LogP) is 2.50. The Balaban J connectivity index is 1.52. The van der Waals surface area contributed by atoms with Gasteiger partial charge in [-0.25, -0.2) is 0 Å². The summed E-state index contributed by atoms with van der Waals surface area (Å²) >= 11 is 1.55. The van der Waals surface area contributed by atoms with Gasteiger partial charge in [-0.2, -0.15) is 0 Å². The van der Waals surface area contributed by atoms with Gasteiger partial charge in [0.1, 0.15) is 13.1 Å². The van der Waals surface area contributed by atoms with E-state index in [2.05, 4.69) is 15.2 Å². The van der Waals surface area contributed by atoms with Crippen LogP contribution in [-0.4, -0.2) is 47.8 Å². The van der Waals surface area contributed by atoms with Crippen LogP contribution in [0, 0.1) is 6.92 Å². The van der Waals surface area contributed by atoms with E-state index in [1.807, 2.05) is 48.7 Å². The maximum Gasteiger partial charge on any atom is 0.271 e. The number of carbonyl (C=O) groups excluding carboxylic acids is 1. The van der Waals surface area contributed by atoms with Crippen molar-refractivity contribution < 1.29 is 18.8 Å². The summed E-state index contributed by atoms with van der Waals surface area (Å²) in [6.45, 7) is 3.94. The number of aryl methyl sites for hydroxylation is 1. The van der Waals surface area contributed by atoms with Crippen LogP contribution in [-0.2, 0) is 11.3 Å². The molecule has 4 rings (SSSR count). The summed E-state index contributed by atoms with van der Waals surface area (Å²) in [5.41, 5.74) is 2.62. The first-order valence-corrected chi connectivity index (χ1v) is 10.3. The molecule has 0 radical (unpaired) electrons. The molecule has 150 valence electrons. The molecule has 0 amide bonds. The van der Waals surface area contributed by atoms with Crippen LogP contribution in [0.15, 0.2) is 46.2 Å². The van der Waals surface area contributed by atoms with Crippen molar-refractivity contribution in [3.05, 3.63) is 58.9 Å². The van der Waals surface area contributed by atoms with E-state index < -0.39 is 0 Å². The van der Waals surface area contributed by atoms with Gasteiger partial charge in [0.25, 0.3) is 11.8 Å². The Hall–Kier alpha value is -2.81. The fourth-order valence-corrected chi connectivity index (χ4v) is 4.12. The number of hydrogen-bond donors (Lipinski definition) is 2. The summed E-state index contributed by atoms with van der Waals surface area (Å²) in [5, 5.41) is 11.2. The molecule has 3 aromatic heterocycles. The standard InChI is InChI=1S/C21H22N4O3S/c1-14-20(15-6-3-4-7-16(15)22-14)17(26)12-25(9-10-27-2)13-19-23-24-21(28-19)18-8-5-11-29-18/h3-8,11,22H,9-10,12-13H2,1-2H3/p+1. The molecule has 0 saturated heterocycles. The van der Waals surface area contributed by atoms with E-state index in [-0.39, 0.29) is 5.78 Å². The van der Waals surface area contributed by atoms with Gasteiger partial charge in [-0.05, 0) is 24.4 Å². The van der Waals surface area contributed by atoms with E-state index >= 15 is 0 Å². The molecule has 7 nitrogen and oxygen atoms in total. The number of nitrogens with zero attached hydrogens (tertiary/aromatic N) is 2. The lowest BCUT2D eigenvalue weighted by molar-refractivity contribution is -0.907. The number of nitrogens with one attached hydrogen (secondary N) is 2. The molecular weight excluding hydrogens is 388 g/mol. The Bertz CT molecular complexity index is 1100. The lowest BCUT2D eigenvalue weighted by Gasteiger charge is -2.16. The molecule has 8 heteroatoms. The number of carbonyl (C=O) groups is 1. The van der Waals surface area contributed by atoms with Gasteiger partial charge in [-0.1, -0.05) is 24.3 Å². The van der Waals surface area contributed by atoms with E-state index in [0.29, 0.717) is 38.0 Å². The SMILES string of the molecule is COCC[NH+](CC(=O)c1c(C)[nH]c2ccccc12)Cc1nnc(-c2cccs2)o1. The molecule has 0 aliphatic rings. The van der Waals surface area contributed by atoms with Gasteiger partial charge < -0.3 is 19.0 Å². The molecule has 0 spiro atoms. The minimum atomic E-state index is 0.0871. The molecule has 0 aliphatic carbocycles. The third-order valence-corrected chi connectivity index (χ3v) is 5.70. The van der Waals surface area contributed by atoms with Crippen molar-refractivity contribution in [3.8, 4) is 10.8 Å². The summed E-state index contributed by atoms with van der Waals surface area (Å²) in [6, 6.07) is 11.8. The number of ether oxygens (including phenoxy) is 1. The molecule has 3 heterocycles. The molecule has 29 heavy (non-hydrogen) atoms.